The molecule has 19 heavy (non-hydrogen) atoms. The summed E-state index contributed by atoms with van der Waals surface area (Å²) in [6.07, 6.45) is 3.33. The lowest BCUT2D eigenvalue weighted by molar-refractivity contribution is 0.0553. The Morgan fingerprint density at radius 1 is 1.37 bits per heavy atom. The van der Waals surface area contributed by atoms with Crippen molar-refractivity contribution in [3.05, 3.63) is 35.9 Å². The molecule has 0 heterocycles. The lowest BCUT2D eigenvalue weighted by Crippen LogP contribution is -2.32. The predicted octanol–water partition coefficient (Wildman–Crippen LogP) is 2.46. The van der Waals surface area contributed by atoms with Crippen molar-refractivity contribution in [2.75, 3.05) is 6.54 Å². The van der Waals surface area contributed by atoms with Gasteiger partial charge in [0.15, 0.2) is 0 Å². The first-order chi connectivity index (χ1) is 9.25. The molecule has 1 aromatic rings. The molecule has 4 heteroatoms. The highest BCUT2D eigenvalue weighted by Crippen LogP contribution is 2.30. The molecule has 1 amide bonds. The molecular formula is C15H21NO3. The van der Waals surface area contributed by atoms with E-state index >= 15 is 0 Å². The summed E-state index contributed by atoms with van der Waals surface area (Å²) in [5, 5.41) is 12.5. The van der Waals surface area contributed by atoms with Crippen LogP contribution in [0.5, 0.6) is 0 Å². The van der Waals surface area contributed by atoms with Crippen molar-refractivity contribution in [2.24, 2.45) is 5.92 Å². The van der Waals surface area contributed by atoms with E-state index in [0.717, 1.165) is 18.4 Å². The first-order valence-electron chi connectivity index (χ1n) is 6.88. The monoisotopic (exact) mass is 263 g/mol. The Labute approximate surface area is 113 Å². The average molecular weight is 263 g/mol. The largest absolute Gasteiger partial charge is 0.445 e. The number of aliphatic hydroxyl groups excluding tert-OH is 1. The van der Waals surface area contributed by atoms with Gasteiger partial charge in [0, 0.05) is 6.54 Å². The number of ether oxygens (including phenoxy) is 1. The Kier molecular flexibility index (Phi) is 5.21. The Balaban J connectivity index is 1.57. The molecule has 1 aliphatic carbocycles. The van der Waals surface area contributed by atoms with Crippen molar-refractivity contribution in [1.82, 2.24) is 5.32 Å². The van der Waals surface area contributed by atoms with E-state index in [-0.39, 0.29) is 12.7 Å². The summed E-state index contributed by atoms with van der Waals surface area (Å²) in [5.41, 5.74) is 0.965. The molecule has 2 rings (SSSR count). The second-order valence-corrected chi connectivity index (χ2v) is 5.04. The standard InChI is InChI=1S/C15H21NO3/c17-14(13-7-4-8-13)9-10-16-15(18)19-11-12-5-2-1-3-6-12/h1-3,5-6,13-14,17H,4,7-11H2,(H,16,18)/t14-/m1/s1. The van der Waals surface area contributed by atoms with Crippen LogP contribution in [0.1, 0.15) is 31.2 Å². The smallest absolute Gasteiger partial charge is 0.407 e. The van der Waals surface area contributed by atoms with E-state index in [4.69, 9.17) is 4.74 Å². The number of rotatable bonds is 6. The maximum atomic E-state index is 11.4. The Morgan fingerprint density at radius 2 is 2.11 bits per heavy atom. The van der Waals surface area contributed by atoms with Gasteiger partial charge in [-0.3, -0.25) is 0 Å². The van der Waals surface area contributed by atoms with Gasteiger partial charge in [0.25, 0.3) is 0 Å². The van der Waals surface area contributed by atoms with Crippen LogP contribution in [-0.2, 0) is 11.3 Å². The average Bonchev–Trinajstić information content (AvgIpc) is 2.35. The van der Waals surface area contributed by atoms with E-state index in [9.17, 15) is 9.90 Å². The van der Waals surface area contributed by atoms with Crippen molar-refractivity contribution in [1.29, 1.82) is 0 Å². The summed E-state index contributed by atoms with van der Waals surface area (Å²) in [6, 6.07) is 9.56. The normalized spacial score (nSPS) is 16.5. The third-order valence-electron chi connectivity index (χ3n) is 3.62. The summed E-state index contributed by atoms with van der Waals surface area (Å²) in [4.78, 5) is 11.4. The van der Waals surface area contributed by atoms with Gasteiger partial charge in [0.05, 0.1) is 6.10 Å². The lowest BCUT2D eigenvalue weighted by atomic mass is 9.80. The van der Waals surface area contributed by atoms with E-state index in [1.54, 1.807) is 0 Å². The summed E-state index contributed by atoms with van der Waals surface area (Å²) in [5.74, 6) is 0.433. The molecule has 1 aliphatic rings. The van der Waals surface area contributed by atoms with Gasteiger partial charge in [-0.05, 0) is 30.7 Å². The van der Waals surface area contributed by atoms with Crippen molar-refractivity contribution in [3.63, 3.8) is 0 Å². The third-order valence-corrected chi connectivity index (χ3v) is 3.62. The SMILES string of the molecule is O=C(NCC[C@@H](O)C1CCC1)OCc1ccccc1. The molecule has 0 radical (unpaired) electrons. The highest BCUT2D eigenvalue weighted by Gasteiger charge is 2.25. The molecule has 4 nitrogen and oxygen atoms in total. The number of hydrogen-bond donors (Lipinski definition) is 2. The summed E-state index contributed by atoms with van der Waals surface area (Å²) in [6.45, 7) is 0.739. The Morgan fingerprint density at radius 3 is 2.74 bits per heavy atom. The molecular weight excluding hydrogens is 242 g/mol. The minimum Gasteiger partial charge on any atom is -0.445 e. The molecule has 2 N–H and O–H groups in total. The van der Waals surface area contributed by atoms with Crippen LogP contribution in [0.2, 0.25) is 0 Å². The fourth-order valence-electron chi connectivity index (χ4n) is 2.16. The maximum absolute atomic E-state index is 11.4. The summed E-state index contributed by atoms with van der Waals surface area (Å²) in [7, 11) is 0. The molecule has 1 saturated carbocycles. The van der Waals surface area contributed by atoms with Crippen LogP contribution < -0.4 is 5.32 Å². The fourth-order valence-corrected chi connectivity index (χ4v) is 2.16. The molecule has 0 spiro atoms. The molecule has 1 fully saturated rings. The van der Waals surface area contributed by atoms with E-state index < -0.39 is 6.09 Å². The van der Waals surface area contributed by atoms with Gasteiger partial charge in [-0.2, -0.15) is 0 Å². The number of carbonyl (C=O) groups is 1. The first-order valence-corrected chi connectivity index (χ1v) is 6.88. The van der Waals surface area contributed by atoms with Gasteiger partial charge in [-0.15, -0.1) is 0 Å². The minimum atomic E-state index is -0.426. The molecule has 104 valence electrons. The van der Waals surface area contributed by atoms with Crippen LogP contribution in [0.15, 0.2) is 30.3 Å². The van der Waals surface area contributed by atoms with Crippen LogP contribution in [0.4, 0.5) is 4.79 Å². The third kappa shape index (κ3) is 4.56. The minimum absolute atomic E-state index is 0.276. The van der Waals surface area contributed by atoms with E-state index in [1.807, 2.05) is 30.3 Å². The number of nitrogens with one attached hydrogen (secondary N) is 1. The number of benzene rings is 1. The zero-order valence-corrected chi connectivity index (χ0v) is 11.0. The first kappa shape index (κ1) is 13.9. The van der Waals surface area contributed by atoms with Gasteiger partial charge < -0.3 is 15.2 Å². The van der Waals surface area contributed by atoms with E-state index in [2.05, 4.69) is 5.32 Å². The van der Waals surface area contributed by atoms with E-state index in [0.29, 0.717) is 18.9 Å². The molecule has 0 bridgehead atoms. The Hall–Kier alpha value is -1.55. The number of carbonyl (C=O) groups excluding carboxylic acids is 1. The molecule has 1 aromatic carbocycles. The van der Waals surface area contributed by atoms with Gasteiger partial charge in [-0.1, -0.05) is 36.8 Å². The number of amides is 1. The topological polar surface area (TPSA) is 58.6 Å². The number of aliphatic hydroxyl groups is 1. The summed E-state index contributed by atoms with van der Waals surface area (Å²) >= 11 is 0. The van der Waals surface area contributed by atoms with Crippen LogP contribution in [0, 0.1) is 5.92 Å². The zero-order chi connectivity index (χ0) is 13.5. The summed E-state index contributed by atoms with van der Waals surface area (Å²) < 4.78 is 5.08. The van der Waals surface area contributed by atoms with Gasteiger partial charge in [0.1, 0.15) is 6.61 Å². The Bertz CT molecular complexity index is 390. The van der Waals surface area contributed by atoms with Gasteiger partial charge in [0.2, 0.25) is 0 Å². The van der Waals surface area contributed by atoms with Crippen molar-refractivity contribution in [3.8, 4) is 0 Å². The quantitative estimate of drug-likeness (QED) is 0.829. The van der Waals surface area contributed by atoms with Crippen molar-refractivity contribution in [2.45, 2.75) is 38.4 Å². The second kappa shape index (κ2) is 7.14. The number of hydrogen-bond acceptors (Lipinski definition) is 3. The number of alkyl carbamates (subject to hydrolysis) is 1. The highest BCUT2D eigenvalue weighted by molar-refractivity contribution is 5.67. The maximum Gasteiger partial charge on any atom is 0.407 e. The van der Waals surface area contributed by atoms with Crippen LogP contribution in [0.3, 0.4) is 0 Å². The van der Waals surface area contributed by atoms with Crippen LogP contribution in [-0.4, -0.2) is 23.8 Å². The van der Waals surface area contributed by atoms with Crippen molar-refractivity contribution < 1.29 is 14.6 Å². The van der Waals surface area contributed by atoms with Crippen molar-refractivity contribution >= 4 is 6.09 Å². The van der Waals surface area contributed by atoms with Gasteiger partial charge in [-0.25, -0.2) is 4.79 Å². The lowest BCUT2D eigenvalue weighted by Gasteiger charge is -2.30. The van der Waals surface area contributed by atoms with Crippen LogP contribution >= 0.6 is 0 Å². The zero-order valence-electron chi connectivity index (χ0n) is 11.0. The van der Waals surface area contributed by atoms with E-state index in [1.165, 1.54) is 6.42 Å². The predicted molar refractivity (Wildman–Crippen MR) is 72.6 cm³/mol. The molecule has 0 saturated heterocycles. The molecule has 0 aliphatic heterocycles. The van der Waals surface area contributed by atoms with Crippen LogP contribution in [0.25, 0.3) is 0 Å². The highest BCUT2D eigenvalue weighted by atomic mass is 16.5. The fraction of sp³-hybridized carbons (Fsp3) is 0.533. The second-order valence-electron chi connectivity index (χ2n) is 5.04. The molecule has 1 atom stereocenters. The molecule has 0 aromatic heterocycles. The molecule has 0 unspecified atom stereocenters. The van der Waals surface area contributed by atoms with Gasteiger partial charge >= 0.3 is 6.09 Å².